The molecule has 4 N–H and O–H groups in total. The fourth-order valence-corrected chi connectivity index (χ4v) is 1.48. The Balaban J connectivity index is 2.93. The number of amides is 3. The number of urea groups is 1. The molecule has 9 heteroatoms. The molecule has 17 heavy (non-hydrogen) atoms. The van der Waals surface area contributed by atoms with Crippen LogP contribution < -0.4 is 16.6 Å². The summed E-state index contributed by atoms with van der Waals surface area (Å²) in [5.41, 5.74) is 8.36. The van der Waals surface area contributed by atoms with Crippen molar-refractivity contribution < 1.29 is 14.5 Å². The van der Waals surface area contributed by atoms with Crippen LogP contribution in [0.25, 0.3) is 0 Å². The van der Waals surface area contributed by atoms with E-state index < -0.39 is 16.9 Å². The first kappa shape index (κ1) is 12.9. The maximum Gasteiger partial charge on any atom is 0.330 e. The number of carbonyl (C=O) groups excluding carboxylic acids is 2. The van der Waals surface area contributed by atoms with Gasteiger partial charge in [0.05, 0.1) is 4.92 Å². The summed E-state index contributed by atoms with van der Waals surface area (Å²) < 4.78 is 0.371. The average Bonchev–Trinajstić information content (AvgIpc) is 2.24. The van der Waals surface area contributed by atoms with Crippen LogP contribution in [-0.2, 0) is 0 Å². The second kappa shape index (κ2) is 5.25. The van der Waals surface area contributed by atoms with Gasteiger partial charge >= 0.3 is 6.03 Å². The molecule has 0 fully saturated rings. The number of hydrogen-bond acceptors (Lipinski definition) is 4. The molecule has 0 bridgehead atoms. The Bertz CT molecular complexity index is 490. The Morgan fingerprint density at radius 3 is 2.47 bits per heavy atom. The summed E-state index contributed by atoms with van der Waals surface area (Å²) in [4.78, 5) is 31.7. The van der Waals surface area contributed by atoms with Crippen LogP contribution in [-0.4, -0.2) is 16.9 Å². The Labute approximate surface area is 103 Å². The number of hydrazine groups is 1. The molecule has 1 aromatic rings. The van der Waals surface area contributed by atoms with E-state index >= 15 is 0 Å². The van der Waals surface area contributed by atoms with E-state index in [4.69, 9.17) is 5.73 Å². The van der Waals surface area contributed by atoms with Gasteiger partial charge in [-0.05, 0) is 6.07 Å². The lowest BCUT2D eigenvalue weighted by Crippen LogP contribution is -2.44. The van der Waals surface area contributed by atoms with E-state index in [1.54, 1.807) is 0 Å². The van der Waals surface area contributed by atoms with Crippen LogP contribution in [0.15, 0.2) is 22.7 Å². The van der Waals surface area contributed by atoms with Crippen LogP contribution in [0, 0.1) is 10.1 Å². The zero-order valence-corrected chi connectivity index (χ0v) is 9.85. The third kappa shape index (κ3) is 3.72. The number of nitrogens with one attached hydrogen (secondary N) is 2. The van der Waals surface area contributed by atoms with Crippen molar-refractivity contribution in [1.29, 1.82) is 0 Å². The van der Waals surface area contributed by atoms with Gasteiger partial charge in [0.2, 0.25) is 0 Å². The summed E-state index contributed by atoms with van der Waals surface area (Å²) in [6.07, 6.45) is 0. The van der Waals surface area contributed by atoms with Crippen molar-refractivity contribution in [1.82, 2.24) is 10.9 Å². The molecule has 1 rings (SSSR count). The summed E-state index contributed by atoms with van der Waals surface area (Å²) >= 11 is 3.03. The molecule has 0 atom stereocenters. The van der Waals surface area contributed by atoms with E-state index in [0.717, 1.165) is 6.07 Å². The van der Waals surface area contributed by atoms with Crippen molar-refractivity contribution in [3.05, 3.63) is 38.3 Å². The lowest BCUT2D eigenvalue weighted by molar-refractivity contribution is -0.385. The van der Waals surface area contributed by atoms with Crippen molar-refractivity contribution in [2.24, 2.45) is 5.73 Å². The Morgan fingerprint density at radius 1 is 1.29 bits per heavy atom. The van der Waals surface area contributed by atoms with Gasteiger partial charge in [-0.2, -0.15) is 0 Å². The van der Waals surface area contributed by atoms with E-state index in [2.05, 4.69) is 15.9 Å². The number of nitro benzene ring substituents is 1. The lowest BCUT2D eigenvalue weighted by atomic mass is 10.2. The summed E-state index contributed by atoms with van der Waals surface area (Å²) in [7, 11) is 0. The van der Waals surface area contributed by atoms with Gasteiger partial charge < -0.3 is 5.73 Å². The molecule has 0 saturated carbocycles. The summed E-state index contributed by atoms with van der Waals surface area (Å²) in [5, 5.41) is 10.6. The van der Waals surface area contributed by atoms with E-state index in [9.17, 15) is 19.7 Å². The second-order valence-corrected chi connectivity index (χ2v) is 3.81. The van der Waals surface area contributed by atoms with Crippen LogP contribution >= 0.6 is 15.9 Å². The van der Waals surface area contributed by atoms with Crippen molar-refractivity contribution in [2.75, 3.05) is 0 Å². The maximum atomic E-state index is 11.5. The number of primary amides is 1. The third-order valence-corrected chi connectivity index (χ3v) is 2.11. The number of nitrogens with two attached hydrogens (primary N) is 1. The molecule has 8 nitrogen and oxygen atoms in total. The van der Waals surface area contributed by atoms with Gasteiger partial charge in [-0.1, -0.05) is 15.9 Å². The summed E-state index contributed by atoms with van der Waals surface area (Å²) in [6.45, 7) is 0. The molecule has 90 valence electrons. The Kier molecular flexibility index (Phi) is 3.99. The van der Waals surface area contributed by atoms with Gasteiger partial charge in [-0.15, -0.1) is 0 Å². The van der Waals surface area contributed by atoms with Crippen LogP contribution in [0.2, 0.25) is 0 Å². The van der Waals surface area contributed by atoms with Crippen LogP contribution in [0.1, 0.15) is 10.4 Å². The van der Waals surface area contributed by atoms with E-state index in [1.807, 2.05) is 10.9 Å². The number of rotatable bonds is 2. The zero-order valence-electron chi connectivity index (χ0n) is 8.27. The quantitative estimate of drug-likeness (QED) is 0.548. The van der Waals surface area contributed by atoms with E-state index in [0.29, 0.717) is 4.47 Å². The minimum absolute atomic E-state index is 0.0137. The number of hydrogen-bond donors (Lipinski definition) is 3. The standard InChI is InChI=1S/C8H7BrN4O4/c9-5-1-4(2-6(3-5)13(16)17)7(14)11-12-8(10)15/h1-3H,(H,11,14)(H3,10,12,15). The largest absolute Gasteiger partial charge is 0.350 e. The van der Waals surface area contributed by atoms with Crippen LogP contribution in [0.4, 0.5) is 10.5 Å². The van der Waals surface area contributed by atoms with Crippen LogP contribution in [0.5, 0.6) is 0 Å². The van der Waals surface area contributed by atoms with Gasteiger partial charge in [0.25, 0.3) is 11.6 Å². The zero-order chi connectivity index (χ0) is 13.0. The number of carbonyl (C=O) groups is 2. The molecular formula is C8H7BrN4O4. The number of nitro groups is 1. The summed E-state index contributed by atoms with van der Waals surface area (Å²) in [6, 6.07) is 2.74. The third-order valence-electron chi connectivity index (χ3n) is 1.65. The molecule has 0 unspecified atom stereocenters. The summed E-state index contributed by atoms with van der Waals surface area (Å²) in [5.74, 6) is -0.715. The normalized spacial score (nSPS) is 9.47. The predicted molar refractivity (Wildman–Crippen MR) is 61.0 cm³/mol. The molecule has 0 radical (unpaired) electrons. The lowest BCUT2D eigenvalue weighted by Gasteiger charge is -2.05. The highest BCUT2D eigenvalue weighted by Gasteiger charge is 2.13. The minimum Gasteiger partial charge on any atom is -0.350 e. The first-order valence-electron chi connectivity index (χ1n) is 4.21. The fraction of sp³-hybridized carbons (Fsp3) is 0. The van der Waals surface area contributed by atoms with Crippen molar-refractivity contribution in [2.45, 2.75) is 0 Å². The Hall–Kier alpha value is -2.16. The molecule has 0 aliphatic heterocycles. The van der Waals surface area contributed by atoms with Crippen molar-refractivity contribution in [3.63, 3.8) is 0 Å². The van der Waals surface area contributed by atoms with E-state index in [1.165, 1.54) is 12.1 Å². The second-order valence-electron chi connectivity index (χ2n) is 2.90. The number of halogens is 1. The number of nitrogens with zero attached hydrogens (tertiary/aromatic N) is 1. The topological polar surface area (TPSA) is 127 Å². The molecule has 0 saturated heterocycles. The first-order chi connectivity index (χ1) is 7.90. The highest BCUT2D eigenvalue weighted by atomic mass is 79.9. The molecular weight excluding hydrogens is 296 g/mol. The molecule has 1 aromatic carbocycles. The van der Waals surface area contributed by atoms with Gasteiger partial charge in [-0.25, -0.2) is 10.2 Å². The smallest absolute Gasteiger partial charge is 0.330 e. The minimum atomic E-state index is -0.942. The van der Waals surface area contributed by atoms with Gasteiger partial charge in [0, 0.05) is 22.2 Å². The van der Waals surface area contributed by atoms with Crippen molar-refractivity contribution >= 4 is 33.6 Å². The van der Waals surface area contributed by atoms with Crippen molar-refractivity contribution in [3.8, 4) is 0 Å². The molecule has 3 amide bonds. The molecule has 0 aromatic heterocycles. The number of non-ortho nitro benzene ring substituents is 1. The SMILES string of the molecule is NC(=O)NNC(=O)c1cc(Br)cc([N+](=O)[O-])c1. The van der Waals surface area contributed by atoms with Crippen LogP contribution in [0.3, 0.4) is 0 Å². The maximum absolute atomic E-state index is 11.5. The Morgan fingerprint density at radius 2 is 1.94 bits per heavy atom. The fourth-order valence-electron chi connectivity index (χ4n) is 1.00. The molecule has 0 heterocycles. The molecule has 0 aliphatic carbocycles. The van der Waals surface area contributed by atoms with Gasteiger partial charge in [0.15, 0.2) is 0 Å². The first-order valence-corrected chi connectivity index (χ1v) is 5.00. The van der Waals surface area contributed by atoms with Gasteiger partial charge in [0.1, 0.15) is 0 Å². The predicted octanol–water partition coefficient (Wildman–Crippen LogP) is 0.670. The molecule has 0 aliphatic rings. The highest BCUT2D eigenvalue weighted by molar-refractivity contribution is 9.10. The highest BCUT2D eigenvalue weighted by Crippen LogP contribution is 2.21. The average molecular weight is 303 g/mol. The monoisotopic (exact) mass is 302 g/mol. The number of benzene rings is 1. The van der Waals surface area contributed by atoms with Gasteiger partial charge in [-0.3, -0.25) is 20.3 Å². The molecule has 0 spiro atoms. The van der Waals surface area contributed by atoms with E-state index in [-0.39, 0.29) is 11.3 Å².